The van der Waals surface area contributed by atoms with E-state index in [-0.39, 0.29) is 0 Å². The zero-order valence-corrected chi connectivity index (χ0v) is 11.7. The van der Waals surface area contributed by atoms with Crippen LogP contribution in [0.3, 0.4) is 0 Å². The van der Waals surface area contributed by atoms with Gasteiger partial charge in [0.2, 0.25) is 0 Å². The van der Waals surface area contributed by atoms with Crippen LogP contribution in [-0.2, 0) is 0 Å². The fraction of sp³-hybridized carbons (Fsp3) is 0. The van der Waals surface area contributed by atoms with Crippen LogP contribution in [0, 0.1) is 0 Å². The van der Waals surface area contributed by atoms with Crippen molar-refractivity contribution >= 4 is 18.3 Å². The van der Waals surface area contributed by atoms with Crippen LogP contribution < -0.4 is 0 Å². The zero-order chi connectivity index (χ0) is 14.2. The normalized spacial score (nSPS) is 11.1. The van der Waals surface area contributed by atoms with Crippen molar-refractivity contribution in [2.24, 2.45) is 0 Å². The maximum atomic E-state index is 4.57. The molecule has 0 saturated carbocycles. The summed E-state index contributed by atoms with van der Waals surface area (Å²) in [6.45, 7) is 0. The van der Waals surface area contributed by atoms with Crippen molar-refractivity contribution in [1.82, 2.24) is 29.1 Å². The molecule has 0 N–H and O–H groups in total. The van der Waals surface area contributed by atoms with Crippen LogP contribution in [0.25, 0.3) is 22.7 Å². The van der Waals surface area contributed by atoms with E-state index in [2.05, 4.69) is 32.8 Å². The van der Waals surface area contributed by atoms with Crippen molar-refractivity contribution in [1.29, 1.82) is 0 Å². The topological polar surface area (TPSA) is 60.9 Å². The predicted octanol–water partition coefficient (Wildman–Crippen LogP) is 2.27. The molecule has 4 heterocycles. The van der Waals surface area contributed by atoms with Crippen LogP contribution in [0.5, 0.6) is 0 Å². The summed E-state index contributed by atoms with van der Waals surface area (Å²) < 4.78 is 3.70. The van der Waals surface area contributed by atoms with E-state index in [9.17, 15) is 0 Å². The van der Waals surface area contributed by atoms with Gasteiger partial charge in [-0.1, -0.05) is 0 Å². The predicted molar refractivity (Wildman–Crippen MR) is 80.6 cm³/mol. The van der Waals surface area contributed by atoms with Crippen LogP contribution >= 0.6 is 12.6 Å². The van der Waals surface area contributed by atoms with Gasteiger partial charge in [-0.3, -0.25) is 4.57 Å². The van der Waals surface area contributed by atoms with Crippen molar-refractivity contribution in [3.63, 3.8) is 0 Å². The fourth-order valence-corrected chi connectivity index (χ4v) is 2.33. The van der Waals surface area contributed by atoms with Gasteiger partial charge in [-0.15, -0.1) is 22.8 Å². The van der Waals surface area contributed by atoms with Crippen molar-refractivity contribution in [2.75, 3.05) is 0 Å². The first-order valence-corrected chi connectivity index (χ1v) is 6.73. The van der Waals surface area contributed by atoms with Gasteiger partial charge in [0, 0.05) is 29.0 Å². The van der Waals surface area contributed by atoms with Crippen molar-refractivity contribution in [2.45, 2.75) is 4.90 Å². The second-order valence-corrected chi connectivity index (χ2v) is 5.07. The Labute approximate surface area is 125 Å². The summed E-state index contributed by atoms with van der Waals surface area (Å²) in [5.74, 6) is 0.769. The number of thiol groups is 1. The van der Waals surface area contributed by atoms with Gasteiger partial charge >= 0.3 is 0 Å². The number of nitrogens with zero attached hydrogens (tertiary/aromatic N) is 6. The smallest absolute Gasteiger partial charge is 0.139 e. The van der Waals surface area contributed by atoms with Crippen LogP contribution in [0.15, 0.2) is 60.4 Å². The molecule has 0 aliphatic carbocycles. The highest BCUT2D eigenvalue weighted by molar-refractivity contribution is 7.80. The molecule has 0 aliphatic heterocycles. The van der Waals surface area contributed by atoms with Gasteiger partial charge in [-0.2, -0.15) is 0 Å². The molecule has 0 spiro atoms. The average molecular weight is 294 g/mol. The maximum absolute atomic E-state index is 4.57. The number of aromatic nitrogens is 6. The molecule has 7 heteroatoms. The zero-order valence-electron chi connectivity index (χ0n) is 10.8. The van der Waals surface area contributed by atoms with E-state index in [0.29, 0.717) is 0 Å². The molecule has 21 heavy (non-hydrogen) atoms. The number of hydrogen-bond donors (Lipinski definition) is 1. The summed E-state index contributed by atoms with van der Waals surface area (Å²) in [7, 11) is 0. The third-order valence-electron chi connectivity index (χ3n) is 3.16. The molecule has 0 amide bonds. The molecule has 4 aromatic heterocycles. The first-order chi connectivity index (χ1) is 10.3. The van der Waals surface area contributed by atoms with Crippen LogP contribution in [0.2, 0.25) is 0 Å². The lowest BCUT2D eigenvalue weighted by Gasteiger charge is -2.00. The maximum Gasteiger partial charge on any atom is 0.139 e. The van der Waals surface area contributed by atoms with E-state index < -0.39 is 0 Å². The minimum atomic E-state index is 0.769. The average Bonchev–Trinajstić information content (AvgIpc) is 3.16. The lowest BCUT2D eigenvalue weighted by atomic mass is 10.2. The summed E-state index contributed by atoms with van der Waals surface area (Å²) in [4.78, 5) is 9.87. The van der Waals surface area contributed by atoms with E-state index in [0.717, 1.165) is 27.6 Å². The molecule has 6 nitrogen and oxygen atoms in total. The van der Waals surface area contributed by atoms with Crippen LogP contribution in [0.4, 0.5) is 0 Å². The van der Waals surface area contributed by atoms with Crippen molar-refractivity contribution in [3.05, 3.63) is 55.5 Å². The van der Waals surface area contributed by atoms with Crippen LogP contribution in [-0.4, -0.2) is 29.1 Å². The Bertz CT molecular complexity index is 895. The second-order valence-electron chi connectivity index (χ2n) is 4.55. The molecule has 0 aromatic carbocycles. The Balaban J connectivity index is 1.74. The van der Waals surface area contributed by atoms with Crippen LogP contribution in [0.1, 0.15) is 0 Å². The minimum Gasteiger partial charge on any atom is -0.305 e. The summed E-state index contributed by atoms with van der Waals surface area (Å²) >= 11 is 4.33. The van der Waals surface area contributed by atoms with Crippen molar-refractivity contribution < 1.29 is 0 Å². The molecule has 0 bridgehead atoms. The van der Waals surface area contributed by atoms with E-state index in [4.69, 9.17) is 0 Å². The Morgan fingerprint density at radius 2 is 1.81 bits per heavy atom. The molecule has 0 saturated heterocycles. The minimum absolute atomic E-state index is 0.769. The third kappa shape index (κ3) is 2.17. The molecule has 4 rings (SSSR count). The van der Waals surface area contributed by atoms with Crippen molar-refractivity contribution in [3.8, 4) is 17.1 Å². The van der Waals surface area contributed by atoms with E-state index in [1.165, 1.54) is 0 Å². The monoisotopic (exact) mass is 294 g/mol. The quantitative estimate of drug-likeness (QED) is 0.576. The standard InChI is InChI=1S/C14H10N6S/c21-11-2-4-14-18-12(7-19(14)6-11)10-1-3-13(15-5-10)20-8-16-17-9-20/h1-9,21H. The SMILES string of the molecule is Sc1ccc2nc(-c3ccc(-n4cnnc4)nc3)cn2c1. The highest BCUT2D eigenvalue weighted by atomic mass is 32.1. The first-order valence-electron chi connectivity index (χ1n) is 6.29. The molecule has 102 valence electrons. The van der Waals surface area contributed by atoms with E-state index in [1.807, 2.05) is 41.1 Å². The van der Waals surface area contributed by atoms with Gasteiger partial charge in [0.1, 0.15) is 24.1 Å². The fourth-order valence-electron chi connectivity index (χ4n) is 2.13. The molecule has 0 fully saturated rings. The van der Waals surface area contributed by atoms with Gasteiger partial charge in [-0.25, -0.2) is 9.97 Å². The van der Waals surface area contributed by atoms with Gasteiger partial charge in [0.15, 0.2) is 0 Å². The molecule has 0 radical (unpaired) electrons. The van der Waals surface area contributed by atoms with Gasteiger partial charge in [-0.05, 0) is 24.3 Å². The molecular weight excluding hydrogens is 284 g/mol. The number of rotatable bonds is 2. The van der Waals surface area contributed by atoms with E-state index in [1.54, 1.807) is 23.4 Å². The number of pyridine rings is 2. The summed E-state index contributed by atoms with van der Waals surface area (Å²) in [6.07, 6.45) is 8.90. The Morgan fingerprint density at radius 1 is 0.952 bits per heavy atom. The molecule has 4 aromatic rings. The second kappa shape index (κ2) is 4.71. The summed E-state index contributed by atoms with van der Waals surface area (Å²) in [6, 6.07) is 7.74. The molecule has 0 unspecified atom stereocenters. The molecule has 0 aliphatic rings. The molecular formula is C14H10N6S. The first kappa shape index (κ1) is 12.1. The largest absolute Gasteiger partial charge is 0.305 e. The third-order valence-corrected chi connectivity index (χ3v) is 3.43. The van der Waals surface area contributed by atoms with E-state index >= 15 is 0 Å². The van der Waals surface area contributed by atoms with Gasteiger partial charge in [0.05, 0.1) is 5.69 Å². The number of imidazole rings is 1. The Hall–Kier alpha value is -2.67. The lowest BCUT2D eigenvalue weighted by molar-refractivity contribution is 0.991. The lowest BCUT2D eigenvalue weighted by Crippen LogP contribution is -1.93. The Morgan fingerprint density at radius 3 is 2.57 bits per heavy atom. The Kier molecular flexibility index (Phi) is 2.71. The van der Waals surface area contributed by atoms with Gasteiger partial charge < -0.3 is 4.40 Å². The molecule has 0 atom stereocenters. The summed E-state index contributed by atoms with van der Waals surface area (Å²) in [5.41, 5.74) is 2.71. The highest BCUT2D eigenvalue weighted by Gasteiger charge is 2.06. The number of fused-ring (bicyclic) bond motifs is 1. The highest BCUT2D eigenvalue weighted by Crippen LogP contribution is 2.20. The van der Waals surface area contributed by atoms with Gasteiger partial charge in [0.25, 0.3) is 0 Å². The summed E-state index contributed by atoms with van der Waals surface area (Å²) in [5, 5.41) is 7.53. The number of hydrogen-bond acceptors (Lipinski definition) is 5.